The van der Waals surface area contributed by atoms with Crippen LogP contribution in [0.4, 0.5) is 11.4 Å². The molecule has 16 heavy (non-hydrogen) atoms. The molecule has 1 N–H and O–H groups in total. The molecule has 0 aromatic heterocycles. The molecule has 0 atom stereocenters. The van der Waals surface area contributed by atoms with Crippen molar-refractivity contribution in [3.05, 3.63) is 23.8 Å². The van der Waals surface area contributed by atoms with Crippen molar-refractivity contribution in [3.63, 3.8) is 0 Å². The number of anilines is 2. The summed E-state index contributed by atoms with van der Waals surface area (Å²) in [5.41, 5.74) is 3.88. The lowest BCUT2D eigenvalue weighted by atomic mass is 10.1. The van der Waals surface area contributed by atoms with Crippen molar-refractivity contribution in [2.24, 2.45) is 0 Å². The van der Waals surface area contributed by atoms with E-state index in [1.807, 2.05) is 0 Å². The van der Waals surface area contributed by atoms with Crippen LogP contribution in [0.5, 0.6) is 0 Å². The minimum absolute atomic E-state index is 0.484. The smallest absolute Gasteiger partial charge is 0.0373 e. The molecule has 2 heteroatoms. The second-order valence-corrected chi connectivity index (χ2v) is 4.47. The number of hydrogen-bond donors (Lipinski definition) is 1. The molecular formula is C14H24N2. The van der Waals surface area contributed by atoms with Gasteiger partial charge in [-0.3, -0.25) is 0 Å². The maximum atomic E-state index is 3.46. The predicted molar refractivity (Wildman–Crippen MR) is 73.5 cm³/mol. The van der Waals surface area contributed by atoms with Gasteiger partial charge in [-0.15, -0.1) is 0 Å². The lowest BCUT2D eigenvalue weighted by Gasteiger charge is -2.22. The highest BCUT2D eigenvalue weighted by molar-refractivity contribution is 5.60. The zero-order chi connectivity index (χ0) is 12.1. The molecule has 0 heterocycles. The molecule has 0 amide bonds. The molecule has 1 rings (SSSR count). The van der Waals surface area contributed by atoms with Gasteiger partial charge in [0.05, 0.1) is 0 Å². The fraction of sp³-hybridized carbons (Fsp3) is 0.571. The second-order valence-electron chi connectivity index (χ2n) is 4.47. The van der Waals surface area contributed by atoms with Crippen molar-refractivity contribution >= 4 is 11.4 Å². The summed E-state index contributed by atoms with van der Waals surface area (Å²) in [6.45, 7) is 13.0. The normalized spacial score (nSPS) is 10.6. The van der Waals surface area contributed by atoms with Crippen LogP contribution in [0.25, 0.3) is 0 Å². The quantitative estimate of drug-likeness (QED) is 0.814. The summed E-state index contributed by atoms with van der Waals surface area (Å²) in [6.07, 6.45) is 0. The number of rotatable bonds is 5. The van der Waals surface area contributed by atoms with E-state index in [2.05, 4.69) is 63.0 Å². The molecule has 90 valence electrons. The molecule has 0 unspecified atom stereocenters. The van der Waals surface area contributed by atoms with Crippen molar-refractivity contribution in [3.8, 4) is 0 Å². The maximum absolute atomic E-state index is 3.46. The van der Waals surface area contributed by atoms with E-state index in [0.29, 0.717) is 6.04 Å². The van der Waals surface area contributed by atoms with Crippen LogP contribution in [0.1, 0.15) is 33.3 Å². The fourth-order valence-electron chi connectivity index (χ4n) is 1.91. The summed E-state index contributed by atoms with van der Waals surface area (Å²) in [7, 11) is 0. The molecule has 0 bridgehead atoms. The van der Waals surface area contributed by atoms with Crippen LogP contribution in [-0.4, -0.2) is 19.1 Å². The minimum atomic E-state index is 0.484. The van der Waals surface area contributed by atoms with E-state index in [9.17, 15) is 0 Å². The van der Waals surface area contributed by atoms with E-state index in [0.717, 1.165) is 13.1 Å². The highest BCUT2D eigenvalue weighted by Crippen LogP contribution is 2.23. The summed E-state index contributed by atoms with van der Waals surface area (Å²) < 4.78 is 0. The molecule has 0 aliphatic carbocycles. The Morgan fingerprint density at radius 1 is 1.19 bits per heavy atom. The Balaban J connectivity index is 2.89. The molecular weight excluding hydrogens is 196 g/mol. The monoisotopic (exact) mass is 220 g/mol. The maximum Gasteiger partial charge on any atom is 0.0373 e. The summed E-state index contributed by atoms with van der Waals surface area (Å²) >= 11 is 0. The van der Waals surface area contributed by atoms with Crippen molar-refractivity contribution in [2.45, 2.75) is 40.7 Å². The van der Waals surface area contributed by atoms with Gasteiger partial charge in [-0.2, -0.15) is 0 Å². The molecule has 0 aliphatic rings. The van der Waals surface area contributed by atoms with Crippen LogP contribution in [0.2, 0.25) is 0 Å². The number of benzene rings is 1. The summed E-state index contributed by atoms with van der Waals surface area (Å²) in [5.74, 6) is 0. The summed E-state index contributed by atoms with van der Waals surface area (Å²) in [5, 5.41) is 3.46. The van der Waals surface area contributed by atoms with Gasteiger partial charge in [0.2, 0.25) is 0 Å². The standard InChI is InChI=1S/C14H24N2/c1-6-16(7-2)13-8-9-14(12(5)10-13)15-11(3)4/h8-11,15H,6-7H2,1-5H3. The minimum Gasteiger partial charge on any atom is -0.383 e. The number of hydrogen-bond acceptors (Lipinski definition) is 2. The summed E-state index contributed by atoms with van der Waals surface area (Å²) in [4.78, 5) is 2.37. The third kappa shape index (κ3) is 3.16. The molecule has 1 aromatic rings. The van der Waals surface area contributed by atoms with Crippen molar-refractivity contribution in [1.29, 1.82) is 0 Å². The van der Waals surface area contributed by atoms with Crippen LogP contribution in [0.3, 0.4) is 0 Å². The number of nitrogens with one attached hydrogen (secondary N) is 1. The van der Waals surface area contributed by atoms with Gasteiger partial charge in [-0.1, -0.05) is 0 Å². The van der Waals surface area contributed by atoms with Gasteiger partial charge < -0.3 is 10.2 Å². The zero-order valence-electron chi connectivity index (χ0n) is 11.2. The van der Waals surface area contributed by atoms with E-state index in [1.165, 1.54) is 16.9 Å². The molecule has 0 saturated carbocycles. The van der Waals surface area contributed by atoms with Crippen LogP contribution in [0, 0.1) is 6.92 Å². The highest BCUT2D eigenvalue weighted by atomic mass is 15.1. The second kappa shape index (κ2) is 5.78. The summed E-state index contributed by atoms with van der Waals surface area (Å²) in [6, 6.07) is 7.13. The van der Waals surface area contributed by atoms with Crippen LogP contribution < -0.4 is 10.2 Å². The molecule has 1 aromatic carbocycles. The topological polar surface area (TPSA) is 15.3 Å². The lowest BCUT2D eigenvalue weighted by Crippen LogP contribution is -2.22. The number of nitrogens with zero attached hydrogens (tertiary/aromatic N) is 1. The Labute approximate surface area is 99.7 Å². The molecule has 0 spiro atoms. The molecule has 0 aliphatic heterocycles. The van der Waals surface area contributed by atoms with Gasteiger partial charge in [-0.25, -0.2) is 0 Å². The van der Waals surface area contributed by atoms with Gasteiger partial charge in [0.25, 0.3) is 0 Å². The van der Waals surface area contributed by atoms with Crippen molar-refractivity contribution in [1.82, 2.24) is 0 Å². The first-order chi connectivity index (χ1) is 7.58. The Morgan fingerprint density at radius 3 is 2.25 bits per heavy atom. The van der Waals surface area contributed by atoms with Crippen LogP contribution in [0.15, 0.2) is 18.2 Å². The first-order valence-electron chi connectivity index (χ1n) is 6.20. The van der Waals surface area contributed by atoms with Crippen molar-refractivity contribution in [2.75, 3.05) is 23.3 Å². The first-order valence-corrected chi connectivity index (χ1v) is 6.20. The SMILES string of the molecule is CCN(CC)c1ccc(NC(C)C)c(C)c1. The van der Waals surface area contributed by atoms with E-state index >= 15 is 0 Å². The van der Waals surface area contributed by atoms with Crippen LogP contribution in [-0.2, 0) is 0 Å². The third-order valence-electron chi connectivity index (χ3n) is 2.78. The number of aryl methyl sites for hydroxylation is 1. The van der Waals surface area contributed by atoms with Gasteiger partial charge in [-0.05, 0) is 58.4 Å². The van der Waals surface area contributed by atoms with Gasteiger partial charge >= 0.3 is 0 Å². The Bertz CT molecular complexity index is 328. The predicted octanol–water partition coefficient (Wildman–Crippen LogP) is 3.66. The average molecular weight is 220 g/mol. The van der Waals surface area contributed by atoms with Gasteiger partial charge in [0.15, 0.2) is 0 Å². The Kier molecular flexibility index (Phi) is 4.66. The lowest BCUT2D eigenvalue weighted by molar-refractivity contribution is 0.864. The zero-order valence-corrected chi connectivity index (χ0v) is 11.2. The fourth-order valence-corrected chi connectivity index (χ4v) is 1.91. The first kappa shape index (κ1) is 12.9. The van der Waals surface area contributed by atoms with E-state index < -0.39 is 0 Å². The Morgan fingerprint density at radius 2 is 1.81 bits per heavy atom. The largest absolute Gasteiger partial charge is 0.383 e. The van der Waals surface area contributed by atoms with E-state index in [1.54, 1.807) is 0 Å². The van der Waals surface area contributed by atoms with Gasteiger partial charge in [0.1, 0.15) is 0 Å². The molecule has 2 nitrogen and oxygen atoms in total. The van der Waals surface area contributed by atoms with Gasteiger partial charge in [0, 0.05) is 30.5 Å². The Hall–Kier alpha value is -1.18. The molecule has 0 saturated heterocycles. The average Bonchev–Trinajstić information content (AvgIpc) is 2.23. The van der Waals surface area contributed by atoms with E-state index in [-0.39, 0.29) is 0 Å². The molecule has 0 radical (unpaired) electrons. The molecule has 0 fully saturated rings. The van der Waals surface area contributed by atoms with Crippen molar-refractivity contribution < 1.29 is 0 Å². The van der Waals surface area contributed by atoms with Crippen LogP contribution >= 0.6 is 0 Å². The van der Waals surface area contributed by atoms with E-state index in [4.69, 9.17) is 0 Å². The third-order valence-corrected chi connectivity index (χ3v) is 2.78. The highest BCUT2D eigenvalue weighted by Gasteiger charge is 2.05.